The van der Waals surface area contributed by atoms with Gasteiger partial charge in [0.2, 0.25) is 0 Å². The van der Waals surface area contributed by atoms with E-state index in [1.807, 2.05) is 24.6 Å². The fourth-order valence-electron chi connectivity index (χ4n) is 3.29. The van der Waals surface area contributed by atoms with Crippen LogP contribution in [-0.4, -0.2) is 11.6 Å². The number of fused-ring (bicyclic) bond motifs is 1. The minimum absolute atomic E-state index is 0.119. The zero-order valence-corrected chi connectivity index (χ0v) is 18.9. The first-order valence-corrected chi connectivity index (χ1v) is 11.8. The van der Waals surface area contributed by atoms with Crippen LogP contribution in [0.4, 0.5) is 18.9 Å². The highest BCUT2D eigenvalue weighted by Crippen LogP contribution is 2.47. The predicted molar refractivity (Wildman–Crippen MR) is 116 cm³/mol. The summed E-state index contributed by atoms with van der Waals surface area (Å²) in [4.78, 5) is 15.5. The van der Waals surface area contributed by atoms with Crippen LogP contribution in [0.2, 0.25) is 0 Å². The van der Waals surface area contributed by atoms with Gasteiger partial charge < -0.3 is 4.90 Å². The molecule has 4 rings (SSSR count). The Hall–Kier alpha value is -2.04. The molecule has 3 aromatic rings. The van der Waals surface area contributed by atoms with E-state index in [2.05, 4.69) is 11.5 Å². The van der Waals surface area contributed by atoms with Crippen LogP contribution in [-0.2, 0) is 19.3 Å². The summed E-state index contributed by atoms with van der Waals surface area (Å²) in [6.07, 6.45) is -0.398. The summed E-state index contributed by atoms with van der Waals surface area (Å²) in [5.41, 5.74) is -0.345. The highest BCUT2D eigenvalue weighted by Gasteiger charge is 2.33. The summed E-state index contributed by atoms with van der Waals surface area (Å²) >= 11 is 4.31. The van der Waals surface area contributed by atoms with E-state index in [0.717, 1.165) is 28.3 Å². The fourth-order valence-corrected chi connectivity index (χ4v) is 6.65. The molecule has 0 atom stereocenters. The molecule has 2 aromatic heterocycles. The van der Waals surface area contributed by atoms with Gasteiger partial charge in [0.1, 0.15) is 20.8 Å². The Morgan fingerprint density at radius 3 is 2.67 bits per heavy atom. The molecular weight excluding hydrogens is 451 g/mol. The van der Waals surface area contributed by atoms with Gasteiger partial charge in [0, 0.05) is 18.5 Å². The van der Waals surface area contributed by atoms with Crippen LogP contribution in [0.3, 0.4) is 0 Å². The number of anilines is 1. The highest BCUT2D eigenvalue weighted by molar-refractivity contribution is 8.08. The number of nitrogens with zero attached hydrogens (tertiary/aromatic N) is 3. The number of hydrogen-bond acceptors (Lipinski definition) is 5. The number of benzene rings is 1. The Morgan fingerprint density at radius 2 is 2.00 bits per heavy atom. The smallest absolute Gasteiger partial charge is 0.337 e. The van der Waals surface area contributed by atoms with Gasteiger partial charge in [0.25, 0.3) is 10.6 Å². The van der Waals surface area contributed by atoms with E-state index in [-0.39, 0.29) is 5.56 Å². The number of thiazole rings is 2. The lowest BCUT2D eigenvalue weighted by Crippen LogP contribution is -2.35. The molecule has 1 aliphatic heterocycles. The second kappa shape index (κ2) is 7.90. The summed E-state index contributed by atoms with van der Waals surface area (Å²) in [7, 11) is 1.71. The van der Waals surface area contributed by atoms with E-state index in [4.69, 9.17) is 0 Å². The number of aromatic nitrogens is 2. The molecule has 0 fully saturated rings. The summed E-state index contributed by atoms with van der Waals surface area (Å²) in [5.74, 6) is 0. The van der Waals surface area contributed by atoms with Gasteiger partial charge in [-0.2, -0.15) is 17.7 Å². The van der Waals surface area contributed by atoms with Gasteiger partial charge in [0.05, 0.1) is 22.7 Å². The van der Waals surface area contributed by atoms with Gasteiger partial charge in [-0.15, -0.1) is 11.3 Å². The molecule has 0 unspecified atom stereocenters. The third-order valence-electron chi connectivity index (χ3n) is 4.88. The largest absolute Gasteiger partial charge is 0.416 e. The molecule has 0 N–H and O–H groups in total. The molecule has 0 spiro atoms. The van der Waals surface area contributed by atoms with Crippen LogP contribution in [0.25, 0.3) is 11.1 Å². The van der Waals surface area contributed by atoms with Gasteiger partial charge in [-0.1, -0.05) is 23.1 Å². The van der Waals surface area contributed by atoms with Gasteiger partial charge in [-0.05, 0) is 32.0 Å². The maximum absolute atomic E-state index is 13.1. The summed E-state index contributed by atoms with van der Waals surface area (Å²) in [5, 5.41) is 3.71. The monoisotopic (exact) mass is 470 g/mol. The Balaban J connectivity index is 1.88. The van der Waals surface area contributed by atoms with Crippen molar-refractivity contribution >= 4 is 51.2 Å². The van der Waals surface area contributed by atoms with Crippen LogP contribution in [0, 0.1) is 0 Å². The maximum Gasteiger partial charge on any atom is 0.416 e. The molecular formula is C20H19F3N3OS3+. The van der Waals surface area contributed by atoms with Crippen LogP contribution >= 0.6 is 34.4 Å². The highest BCUT2D eigenvalue weighted by atomic mass is 32.2. The topological polar surface area (TPSA) is 29.1 Å². The number of halogens is 3. The van der Waals surface area contributed by atoms with Crippen molar-refractivity contribution in [3.63, 3.8) is 0 Å². The lowest BCUT2D eigenvalue weighted by Gasteiger charge is -2.14. The second-order valence-corrected chi connectivity index (χ2v) is 9.62. The zero-order valence-electron chi connectivity index (χ0n) is 16.5. The van der Waals surface area contributed by atoms with Crippen LogP contribution in [0.5, 0.6) is 0 Å². The Kier molecular flexibility index (Phi) is 5.58. The molecule has 1 aliphatic rings. The molecule has 0 saturated heterocycles. The molecule has 0 radical (unpaired) electrons. The third kappa shape index (κ3) is 3.61. The molecule has 10 heteroatoms. The molecule has 30 heavy (non-hydrogen) atoms. The molecule has 0 saturated carbocycles. The summed E-state index contributed by atoms with van der Waals surface area (Å²) in [6, 6.07) is 3.70. The van der Waals surface area contributed by atoms with Crippen molar-refractivity contribution in [1.29, 1.82) is 0 Å². The minimum Gasteiger partial charge on any atom is -0.337 e. The van der Waals surface area contributed by atoms with Gasteiger partial charge in [0.15, 0.2) is 6.20 Å². The fraction of sp³-hybridized carbons (Fsp3) is 0.300. The SMILES string of the molecule is CCn1c(=O)/c(=C2/Sc3ccc(C(F)(F)F)cc3N2C)s/c1=C\c1scc[n+]1CC. The summed E-state index contributed by atoms with van der Waals surface area (Å²) in [6.45, 7) is 5.32. The molecule has 1 aromatic carbocycles. The van der Waals surface area contributed by atoms with Crippen molar-refractivity contribution in [3.8, 4) is 0 Å². The van der Waals surface area contributed by atoms with E-state index < -0.39 is 11.7 Å². The van der Waals surface area contributed by atoms with E-state index >= 15 is 0 Å². The van der Waals surface area contributed by atoms with Crippen molar-refractivity contribution in [2.75, 3.05) is 11.9 Å². The van der Waals surface area contributed by atoms with E-state index in [9.17, 15) is 18.0 Å². The average molecular weight is 471 g/mol. The first kappa shape index (κ1) is 21.2. The Bertz CT molecular complexity index is 1290. The molecule has 4 nitrogen and oxygen atoms in total. The Morgan fingerprint density at radius 1 is 1.23 bits per heavy atom. The Labute approximate surface area is 183 Å². The van der Waals surface area contributed by atoms with Gasteiger partial charge in [-0.3, -0.25) is 9.36 Å². The maximum atomic E-state index is 13.1. The lowest BCUT2D eigenvalue weighted by atomic mass is 10.2. The lowest BCUT2D eigenvalue weighted by molar-refractivity contribution is -0.690. The van der Waals surface area contributed by atoms with E-state index in [1.54, 1.807) is 27.9 Å². The zero-order chi connectivity index (χ0) is 21.6. The standard InChI is InChI=1S/C20H19F3N3OS3/c1-4-25-8-9-28-15(25)11-16-26(5-2)18(27)17(30-16)19-24(3)13-10-12(20(21,22)23)6-7-14(13)29-19/h6-11H,4-5H2,1-3H3/q+1/b19-17-. The van der Waals surface area contributed by atoms with E-state index in [0.29, 0.717) is 26.7 Å². The predicted octanol–water partition coefficient (Wildman–Crippen LogP) is 3.45. The van der Waals surface area contributed by atoms with Crippen LogP contribution in [0.15, 0.2) is 39.5 Å². The third-order valence-corrected chi connectivity index (χ3v) is 8.22. The van der Waals surface area contributed by atoms with Gasteiger partial charge in [-0.25, -0.2) is 0 Å². The number of rotatable bonds is 3. The van der Waals surface area contributed by atoms with E-state index in [1.165, 1.54) is 29.2 Å². The van der Waals surface area contributed by atoms with Crippen molar-refractivity contribution in [3.05, 3.63) is 59.9 Å². The van der Waals surface area contributed by atoms with Crippen molar-refractivity contribution in [1.82, 2.24) is 4.57 Å². The molecule has 0 bridgehead atoms. The average Bonchev–Trinajstić information content (AvgIpc) is 3.37. The van der Waals surface area contributed by atoms with Crippen molar-refractivity contribution in [2.45, 2.75) is 38.0 Å². The number of hydrogen-bond donors (Lipinski definition) is 0. The summed E-state index contributed by atoms with van der Waals surface area (Å²) < 4.78 is 44.6. The van der Waals surface area contributed by atoms with Crippen LogP contribution in [0.1, 0.15) is 24.4 Å². The number of alkyl halides is 3. The molecule has 3 heterocycles. The number of thioether (sulfide) groups is 1. The second-order valence-electron chi connectivity index (χ2n) is 6.64. The van der Waals surface area contributed by atoms with Crippen LogP contribution < -0.4 is 24.2 Å². The molecule has 0 aliphatic carbocycles. The first-order valence-electron chi connectivity index (χ1n) is 9.30. The van der Waals surface area contributed by atoms with Crippen molar-refractivity contribution < 1.29 is 17.7 Å². The minimum atomic E-state index is -4.40. The van der Waals surface area contributed by atoms with Gasteiger partial charge >= 0.3 is 6.18 Å². The van der Waals surface area contributed by atoms with Crippen molar-refractivity contribution in [2.24, 2.45) is 0 Å². The normalized spacial score (nSPS) is 16.5. The number of aryl methyl sites for hydroxylation is 1. The quantitative estimate of drug-likeness (QED) is 0.549. The molecule has 0 amide bonds. The first-order chi connectivity index (χ1) is 14.2. The molecule has 158 valence electrons.